The maximum Gasteiger partial charge on any atom is 0.416 e. The highest BCUT2D eigenvalue weighted by molar-refractivity contribution is 9.10. The molecule has 0 saturated heterocycles. The molecule has 3 rings (SSSR count). The van der Waals surface area contributed by atoms with E-state index in [4.69, 9.17) is 4.18 Å². The first kappa shape index (κ1) is 24.5. The van der Waals surface area contributed by atoms with E-state index in [-0.39, 0.29) is 12.2 Å². The molecule has 0 spiro atoms. The second kappa shape index (κ2) is 10.2. The molecule has 11 heteroatoms. The van der Waals surface area contributed by atoms with Gasteiger partial charge in [0.25, 0.3) is 0 Å². The van der Waals surface area contributed by atoms with Gasteiger partial charge in [0.05, 0.1) is 18.2 Å². The molecule has 0 heterocycles. The predicted octanol–water partition coefficient (Wildman–Crippen LogP) is 4.93. The molecule has 6 nitrogen and oxygen atoms in total. The number of benzene rings is 3. The molecule has 1 N–H and O–H groups in total. The summed E-state index contributed by atoms with van der Waals surface area (Å²) in [5.74, 6) is -0.548. The molecule has 0 atom stereocenters. The Morgan fingerprint density at radius 1 is 1.03 bits per heavy atom. The van der Waals surface area contributed by atoms with Gasteiger partial charge in [-0.2, -0.15) is 26.7 Å². The Morgan fingerprint density at radius 3 is 2.33 bits per heavy atom. The summed E-state index contributed by atoms with van der Waals surface area (Å²) in [5.41, 5.74) is 1.39. The smallest absolute Gasteiger partial charge is 0.379 e. The quantitative estimate of drug-likeness (QED) is 0.261. The number of para-hydroxylation sites is 1. The molecule has 0 unspecified atom stereocenters. The summed E-state index contributed by atoms with van der Waals surface area (Å²) in [7, 11) is -4.49. The lowest BCUT2D eigenvalue weighted by molar-refractivity contribution is -0.137. The zero-order chi connectivity index (χ0) is 24.1. The van der Waals surface area contributed by atoms with Gasteiger partial charge in [-0.25, -0.2) is 5.43 Å². The van der Waals surface area contributed by atoms with Crippen molar-refractivity contribution in [1.29, 1.82) is 0 Å². The Bertz CT molecular complexity index is 1260. The van der Waals surface area contributed by atoms with Crippen molar-refractivity contribution in [3.05, 3.63) is 94.0 Å². The molecule has 0 saturated carbocycles. The summed E-state index contributed by atoms with van der Waals surface area (Å²) in [6.45, 7) is 0. The normalized spacial score (nSPS) is 12.0. The van der Waals surface area contributed by atoms with Crippen LogP contribution in [0.5, 0.6) is 5.75 Å². The maximum atomic E-state index is 13.2. The van der Waals surface area contributed by atoms with Gasteiger partial charge in [0.1, 0.15) is 10.6 Å². The Kier molecular flexibility index (Phi) is 7.54. The lowest BCUT2D eigenvalue weighted by atomic mass is 10.1. The predicted molar refractivity (Wildman–Crippen MR) is 119 cm³/mol. The molecule has 0 aromatic heterocycles. The van der Waals surface area contributed by atoms with Crippen LogP contribution in [0.3, 0.4) is 0 Å². The molecule has 0 radical (unpaired) electrons. The van der Waals surface area contributed by atoms with E-state index in [0.29, 0.717) is 17.7 Å². The maximum absolute atomic E-state index is 13.2. The molecule has 1 amide bonds. The third-order valence-electron chi connectivity index (χ3n) is 4.23. The SMILES string of the molecule is O=C(Cc1ccc(Br)cc1)NN=Cc1cc(C(F)(F)F)ccc1S(=O)(=O)Oc1ccccc1. The van der Waals surface area contributed by atoms with Crippen molar-refractivity contribution >= 4 is 38.2 Å². The number of nitrogens with one attached hydrogen (secondary N) is 1. The molecule has 0 aliphatic rings. The summed E-state index contributed by atoms with van der Waals surface area (Å²) in [6.07, 6.45) is -3.92. The fraction of sp³-hybridized carbons (Fsp3) is 0.0909. The van der Waals surface area contributed by atoms with Gasteiger partial charge >= 0.3 is 16.3 Å². The second-order valence-electron chi connectivity index (χ2n) is 6.70. The molecule has 0 aliphatic heterocycles. The van der Waals surface area contributed by atoms with E-state index in [1.165, 1.54) is 12.1 Å². The number of hydrazone groups is 1. The lowest BCUT2D eigenvalue weighted by Crippen LogP contribution is -2.20. The topological polar surface area (TPSA) is 84.8 Å². The van der Waals surface area contributed by atoms with Crippen LogP contribution in [-0.4, -0.2) is 20.5 Å². The number of halogens is 4. The van der Waals surface area contributed by atoms with Gasteiger partial charge < -0.3 is 4.18 Å². The Labute approximate surface area is 196 Å². The molecule has 33 heavy (non-hydrogen) atoms. The van der Waals surface area contributed by atoms with Crippen LogP contribution < -0.4 is 9.61 Å². The highest BCUT2D eigenvalue weighted by atomic mass is 79.9. The van der Waals surface area contributed by atoms with Crippen LogP contribution in [0, 0.1) is 0 Å². The Hall–Kier alpha value is -3.18. The summed E-state index contributed by atoms with van der Waals surface area (Å²) in [6, 6.07) is 16.5. The van der Waals surface area contributed by atoms with Crippen molar-refractivity contribution in [3.8, 4) is 5.75 Å². The fourth-order valence-corrected chi connectivity index (χ4v) is 4.06. The monoisotopic (exact) mass is 540 g/mol. The number of hydrogen-bond acceptors (Lipinski definition) is 5. The van der Waals surface area contributed by atoms with Crippen LogP contribution in [0.15, 0.2) is 87.3 Å². The van der Waals surface area contributed by atoms with Crippen LogP contribution in [0.1, 0.15) is 16.7 Å². The fourth-order valence-electron chi connectivity index (χ4n) is 2.70. The van der Waals surface area contributed by atoms with Gasteiger partial charge in [0.15, 0.2) is 0 Å². The summed E-state index contributed by atoms with van der Waals surface area (Å²) in [4.78, 5) is 11.5. The van der Waals surface area contributed by atoms with Gasteiger partial charge in [0, 0.05) is 10.0 Å². The molecule has 172 valence electrons. The zero-order valence-corrected chi connectivity index (χ0v) is 19.1. The van der Waals surface area contributed by atoms with Gasteiger partial charge in [-0.15, -0.1) is 0 Å². The molecule has 0 aliphatic carbocycles. The summed E-state index contributed by atoms with van der Waals surface area (Å²) < 4.78 is 70.7. The van der Waals surface area contributed by atoms with E-state index < -0.39 is 38.2 Å². The first-order chi connectivity index (χ1) is 15.5. The van der Waals surface area contributed by atoms with Crippen LogP contribution in [0.2, 0.25) is 0 Å². The molecule has 3 aromatic rings. The standard InChI is InChI=1S/C22H16BrF3N2O4S/c23-18-9-6-15(7-10-18)12-21(29)28-27-14-16-13-17(22(24,25)26)8-11-20(16)33(30,31)32-19-4-2-1-3-5-19/h1-11,13-14H,12H2,(H,28,29). The zero-order valence-electron chi connectivity index (χ0n) is 16.7. The van der Waals surface area contributed by atoms with E-state index >= 15 is 0 Å². The summed E-state index contributed by atoms with van der Waals surface area (Å²) in [5, 5.41) is 3.64. The number of carbonyl (C=O) groups is 1. The molecular formula is C22H16BrF3N2O4S. The third kappa shape index (κ3) is 6.90. The van der Waals surface area contributed by atoms with E-state index in [1.54, 1.807) is 42.5 Å². The largest absolute Gasteiger partial charge is 0.416 e. The molecule has 0 fully saturated rings. The minimum atomic E-state index is -4.71. The van der Waals surface area contributed by atoms with E-state index in [2.05, 4.69) is 26.5 Å². The molecule has 0 bridgehead atoms. The second-order valence-corrected chi connectivity index (χ2v) is 9.13. The van der Waals surface area contributed by atoms with Crippen molar-refractivity contribution in [2.75, 3.05) is 0 Å². The van der Waals surface area contributed by atoms with Crippen molar-refractivity contribution in [3.63, 3.8) is 0 Å². The minimum absolute atomic E-state index is 0.0110. The Balaban J connectivity index is 1.85. The van der Waals surface area contributed by atoms with Gasteiger partial charge in [-0.05, 0) is 48.0 Å². The van der Waals surface area contributed by atoms with Crippen LogP contribution >= 0.6 is 15.9 Å². The van der Waals surface area contributed by atoms with E-state index in [1.807, 2.05) is 0 Å². The number of carbonyl (C=O) groups excluding carboxylic acids is 1. The van der Waals surface area contributed by atoms with Crippen LogP contribution in [0.25, 0.3) is 0 Å². The molecule has 3 aromatic carbocycles. The third-order valence-corrected chi connectivity index (χ3v) is 6.08. The summed E-state index contributed by atoms with van der Waals surface area (Å²) >= 11 is 3.28. The average molecular weight is 541 g/mol. The highest BCUT2D eigenvalue weighted by Gasteiger charge is 2.32. The van der Waals surface area contributed by atoms with Gasteiger partial charge in [-0.3, -0.25) is 4.79 Å². The highest BCUT2D eigenvalue weighted by Crippen LogP contribution is 2.32. The lowest BCUT2D eigenvalue weighted by Gasteiger charge is -2.12. The van der Waals surface area contributed by atoms with E-state index in [0.717, 1.165) is 16.8 Å². The van der Waals surface area contributed by atoms with Gasteiger partial charge in [-0.1, -0.05) is 46.3 Å². The minimum Gasteiger partial charge on any atom is -0.379 e. The number of hydrogen-bond donors (Lipinski definition) is 1. The Morgan fingerprint density at radius 2 is 1.70 bits per heavy atom. The van der Waals surface area contributed by atoms with Crippen LogP contribution in [0.4, 0.5) is 13.2 Å². The van der Waals surface area contributed by atoms with Crippen molar-refractivity contribution in [2.45, 2.75) is 17.5 Å². The number of nitrogens with zero attached hydrogens (tertiary/aromatic N) is 1. The molecular weight excluding hydrogens is 525 g/mol. The first-order valence-corrected chi connectivity index (χ1v) is 11.5. The van der Waals surface area contributed by atoms with Crippen molar-refractivity contribution < 1.29 is 30.6 Å². The van der Waals surface area contributed by atoms with E-state index in [9.17, 15) is 26.4 Å². The number of alkyl halides is 3. The number of rotatable bonds is 7. The van der Waals surface area contributed by atoms with Crippen LogP contribution in [-0.2, 0) is 27.5 Å². The van der Waals surface area contributed by atoms with Crippen molar-refractivity contribution in [2.24, 2.45) is 5.10 Å². The first-order valence-electron chi connectivity index (χ1n) is 9.32. The average Bonchev–Trinajstić information content (AvgIpc) is 2.75. The van der Waals surface area contributed by atoms with Crippen molar-refractivity contribution in [1.82, 2.24) is 5.43 Å². The van der Waals surface area contributed by atoms with Gasteiger partial charge in [0.2, 0.25) is 5.91 Å². The number of amides is 1.